The second-order valence-corrected chi connectivity index (χ2v) is 6.47. The first-order valence-corrected chi connectivity index (χ1v) is 8.06. The Kier molecular flexibility index (Phi) is 5.84. The average Bonchev–Trinajstić information content (AvgIpc) is 2.58. The standard InChI is InChI=1S/C19H22N2O5/c1-19(20,11-13-7-8-15(22)16(23)10-13)18(26)21-14(17(24)25)9-12-5-3-2-4-6-12/h2-8,10,14,22-23H,9,11,20H2,1H3,(H,21,26)(H,24,25)/t14-,19?/m0/s1. The third-order valence-electron chi connectivity index (χ3n) is 4.02. The molecule has 0 saturated carbocycles. The zero-order chi connectivity index (χ0) is 19.3. The van der Waals surface area contributed by atoms with Crippen LogP contribution in [0.1, 0.15) is 18.1 Å². The predicted octanol–water partition coefficient (Wildman–Crippen LogP) is 1.17. The number of aliphatic carboxylic acids is 1. The molecular weight excluding hydrogens is 336 g/mol. The number of carbonyl (C=O) groups excluding carboxylic acids is 1. The molecule has 0 aliphatic rings. The fourth-order valence-corrected chi connectivity index (χ4v) is 2.56. The summed E-state index contributed by atoms with van der Waals surface area (Å²) in [5.74, 6) is -2.36. The van der Waals surface area contributed by atoms with Crippen LogP contribution in [0.4, 0.5) is 0 Å². The smallest absolute Gasteiger partial charge is 0.326 e. The summed E-state index contributed by atoms with van der Waals surface area (Å²) < 4.78 is 0. The van der Waals surface area contributed by atoms with Crippen LogP contribution in [0.25, 0.3) is 0 Å². The normalized spacial score (nSPS) is 14.2. The molecule has 7 nitrogen and oxygen atoms in total. The minimum atomic E-state index is -1.40. The number of carboxylic acids is 1. The third kappa shape index (κ3) is 4.97. The van der Waals surface area contributed by atoms with Gasteiger partial charge in [0.25, 0.3) is 0 Å². The van der Waals surface area contributed by atoms with Crippen molar-refractivity contribution in [3.63, 3.8) is 0 Å². The Morgan fingerprint density at radius 1 is 1.08 bits per heavy atom. The van der Waals surface area contributed by atoms with Crippen LogP contribution in [0, 0.1) is 0 Å². The fraction of sp³-hybridized carbons (Fsp3) is 0.263. The van der Waals surface area contributed by atoms with Crippen LogP contribution in [0.3, 0.4) is 0 Å². The fourth-order valence-electron chi connectivity index (χ4n) is 2.56. The minimum Gasteiger partial charge on any atom is -0.504 e. The van der Waals surface area contributed by atoms with Gasteiger partial charge in [-0.2, -0.15) is 0 Å². The molecule has 2 atom stereocenters. The van der Waals surface area contributed by atoms with Gasteiger partial charge in [-0.05, 0) is 36.6 Å². The number of hydrogen-bond donors (Lipinski definition) is 5. The van der Waals surface area contributed by atoms with Crippen molar-refractivity contribution in [3.05, 3.63) is 59.7 Å². The van der Waals surface area contributed by atoms with E-state index in [4.69, 9.17) is 5.73 Å². The lowest BCUT2D eigenvalue weighted by Gasteiger charge is -2.26. The van der Waals surface area contributed by atoms with Crippen LogP contribution in [-0.2, 0) is 22.4 Å². The zero-order valence-electron chi connectivity index (χ0n) is 14.3. The van der Waals surface area contributed by atoms with Gasteiger partial charge < -0.3 is 26.4 Å². The lowest BCUT2D eigenvalue weighted by Crippen LogP contribution is -2.57. The Bertz CT molecular complexity index is 790. The van der Waals surface area contributed by atoms with E-state index in [1.54, 1.807) is 24.3 Å². The summed E-state index contributed by atoms with van der Waals surface area (Å²) in [6, 6.07) is 12.0. The van der Waals surface area contributed by atoms with Crippen molar-refractivity contribution in [1.29, 1.82) is 0 Å². The molecule has 7 heteroatoms. The molecule has 0 aromatic heterocycles. The first-order chi connectivity index (χ1) is 12.2. The van der Waals surface area contributed by atoms with Gasteiger partial charge in [0, 0.05) is 6.42 Å². The van der Waals surface area contributed by atoms with E-state index in [1.165, 1.54) is 25.1 Å². The summed E-state index contributed by atoms with van der Waals surface area (Å²) in [7, 11) is 0. The first-order valence-electron chi connectivity index (χ1n) is 8.06. The monoisotopic (exact) mass is 358 g/mol. The van der Waals surface area contributed by atoms with Gasteiger partial charge in [0.05, 0.1) is 5.54 Å². The van der Waals surface area contributed by atoms with Crippen molar-refractivity contribution in [2.24, 2.45) is 5.73 Å². The number of carboxylic acid groups (broad SMARTS) is 1. The van der Waals surface area contributed by atoms with E-state index in [2.05, 4.69) is 5.32 Å². The van der Waals surface area contributed by atoms with Gasteiger partial charge >= 0.3 is 5.97 Å². The van der Waals surface area contributed by atoms with Crippen molar-refractivity contribution in [3.8, 4) is 11.5 Å². The number of nitrogens with two attached hydrogens (primary N) is 1. The molecule has 2 rings (SSSR count). The van der Waals surface area contributed by atoms with Gasteiger partial charge in [0.15, 0.2) is 11.5 Å². The summed E-state index contributed by atoms with van der Waals surface area (Å²) in [6.45, 7) is 1.48. The Morgan fingerprint density at radius 3 is 2.31 bits per heavy atom. The summed E-state index contributed by atoms with van der Waals surface area (Å²) in [4.78, 5) is 24.0. The Labute approximate surface area is 151 Å². The highest BCUT2D eigenvalue weighted by Crippen LogP contribution is 2.26. The van der Waals surface area contributed by atoms with Crippen molar-refractivity contribution in [2.75, 3.05) is 0 Å². The maximum Gasteiger partial charge on any atom is 0.326 e. The Hall–Kier alpha value is -3.06. The Balaban J connectivity index is 2.08. The van der Waals surface area contributed by atoms with Crippen molar-refractivity contribution in [1.82, 2.24) is 5.32 Å². The highest BCUT2D eigenvalue weighted by atomic mass is 16.4. The molecule has 0 aliphatic heterocycles. The number of phenolic OH excluding ortho intramolecular Hbond substituents is 2. The summed E-state index contributed by atoms with van der Waals surface area (Å²) in [6.07, 6.45) is 0.197. The lowest BCUT2D eigenvalue weighted by atomic mass is 9.92. The molecular formula is C19H22N2O5. The largest absolute Gasteiger partial charge is 0.504 e. The van der Waals surface area contributed by atoms with Crippen molar-refractivity contribution in [2.45, 2.75) is 31.3 Å². The average molecular weight is 358 g/mol. The number of carbonyl (C=O) groups is 2. The lowest BCUT2D eigenvalue weighted by molar-refractivity contribution is -0.142. The molecule has 0 heterocycles. The van der Waals surface area contributed by atoms with Gasteiger partial charge in [0.1, 0.15) is 6.04 Å². The highest BCUT2D eigenvalue weighted by molar-refractivity contribution is 5.90. The molecule has 0 saturated heterocycles. The third-order valence-corrected chi connectivity index (χ3v) is 4.02. The van der Waals surface area contributed by atoms with Gasteiger partial charge in [-0.3, -0.25) is 4.79 Å². The summed E-state index contributed by atoms with van der Waals surface area (Å²) in [5, 5.41) is 30.8. The SMILES string of the molecule is CC(N)(Cc1ccc(O)c(O)c1)C(=O)N[C@@H](Cc1ccccc1)C(=O)O. The maximum absolute atomic E-state index is 12.5. The molecule has 1 amide bonds. The summed E-state index contributed by atoms with van der Waals surface area (Å²) >= 11 is 0. The zero-order valence-corrected chi connectivity index (χ0v) is 14.3. The minimum absolute atomic E-state index is 0.0599. The Morgan fingerprint density at radius 2 is 1.73 bits per heavy atom. The molecule has 138 valence electrons. The molecule has 26 heavy (non-hydrogen) atoms. The van der Waals surface area contributed by atoms with Crippen molar-refractivity contribution < 1.29 is 24.9 Å². The molecule has 1 unspecified atom stereocenters. The topological polar surface area (TPSA) is 133 Å². The van der Waals surface area contributed by atoms with Gasteiger partial charge in [0.2, 0.25) is 5.91 Å². The van der Waals surface area contributed by atoms with E-state index in [9.17, 15) is 24.9 Å². The number of aromatic hydroxyl groups is 2. The molecule has 0 fully saturated rings. The molecule has 0 spiro atoms. The van der Waals surface area contributed by atoms with Crippen LogP contribution >= 0.6 is 0 Å². The van der Waals surface area contributed by atoms with Crippen LogP contribution in [-0.4, -0.2) is 38.8 Å². The number of amides is 1. The number of nitrogens with one attached hydrogen (secondary N) is 1. The van der Waals surface area contributed by atoms with Gasteiger partial charge in [-0.15, -0.1) is 0 Å². The quantitative estimate of drug-likeness (QED) is 0.472. The van der Waals surface area contributed by atoms with E-state index in [0.29, 0.717) is 5.56 Å². The second-order valence-electron chi connectivity index (χ2n) is 6.47. The highest BCUT2D eigenvalue weighted by Gasteiger charge is 2.32. The van der Waals surface area contributed by atoms with E-state index < -0.39 is 23.5 Å². The van der Waals surface area contributed by atoms with Crippen LogP contribution in [0.5, 0.6) is 11.5 Å². The van der Waals surface area contributed by atoms with Crippen LogP contribution in [0.15, 0.2) is 48.5 Å². The first kappa shape index (κ1) is 19.3. The molecule has 6 N–H and O–H groups in total. The maximum atomic E-state index is 12.5. The number of benzene rings is 2. The predicted molar refractivity (Wildman–Crippen MR) is 95.8 cm³/mol. The van der Waals surface area contributed by atoms with E-state index in [-0.39, 0.29) is 24.3 Å². The second kappa shape index (κ2) is 7.88. The van der Waals surface area contributed by atoms with E-state index >= 15 is 0 Å². The molecule has 2 aromatic carbocycles. The van der Waals surface area contributed by atoms with Crippen molar-refractivity contribution >= 4 is 11.9 Å². The molecule has 0 bridgehead atoms. The van der Waals surface area contributed by atoms with Crippen LogP contribution < -0.4 is 11.1 Å². The number of phenols is 2. The van der Waals surface area contributed by atoms with E-state index in [1.807, 2.05) is 6.07 Å². The van der Waals surface area contributed by atoms with Gasteiger partial charge in [-0.25, -0.2) is 4.79 Å². The van der Waals surface area contributed by atoms with Gasteiger partial charge in [-0.1, -0.05) is 36.4 Å². The molecule has 0 aliphatic carbocycles. The molecule has 2 aromatic rings. The number of hydrogen-bond acceptors (Lipinski definition) is 5. The molecule has 0 radical (unpaired) electrons. The van der Waals surface area contributed by atoms with Crippen LogP contribution in [0.2, 0.25) is 0 Å². The number of rotatable bonds is 7. The van der Waals surface area contributed by atoms with E-state index in [0.717, 1.165) is 5.56 Å². The summed E-state index contributed by atoms with van der Waals surface area (Å²) in [5.41, 5.74) is 6.00.